The van der Waals surface area contributed by atoms with E-state index < -0.39 is 5.41 Å². The molecule has 0 aromatic heterocycles. The fourth-order valence-corrected chi connectivity index (χ4v) is 2.32. The summed E-state index contributed by atoms with van der Waals surface area (Å²) in [5.41, 5.74) is 0.113. The van der Waals surface area contributed by atoms with E-state index in [1.807, 2.05) is 32.0 Å². The highest BCUT2D eigenvalue weighted by Crippen LogP contribution is 2.28. The molecule has 1 aromatic carbocycles. The van der Waals surface area contributed by atoms with E-state index in [1.54, 1.807) is 17.8 Å². The number of carbonyl (C=O) groups is 2. The van der Waals surface area contributed by atoms with Crippen molar-refractivity contribution in [3.05, 3.63) is 29.8 Å². The lowest BCUT2D eigenvalue weighted by atomic mass is 9.97. The zero-order valence-electron chi connectivity index (χ0n) is 10.2. The zero-order chi connectivity index (χ0) is 12.9. The first-order valence-corrected chi connectivity index (χ1v) is 6.24. The Kier molecular flexibility index (Phi) is 4.75. The molecule has 0 spiro atoms. The number of thioether (sulfide) groups is 1. The van der Waals surface area contributed by atoms with Crippen LogP contribution in [0.2, 0.25) is 0 Å². The molecule has 1 rings (SSSR count). The molecule has 3 nitrogen and oxygen atoms in total. The van der Waals surface area contributed by atoms with Crippen molar-refractivity contribution in [1.82, 2.24) is 0 Å². The maximum atomic E-state index is 11.5. The molecule has 4 heteroatoms. The maximum absolute atomic E-state index is 11.5. The average Bonchev–Trinajstić information content (AvgIpc) is 2.35. The molecular weight excluding hydrogens is 236 g/mol. The molecule has 0 atom stereocenters. The van der Waals surface area contributed by atoms with E-state index in [9.17, 15) is 9.59 Å². The second kappa shape index (κ2) is 5.87. The van der Waals surface area contributed by atoms with Gasteiger partial charge in [0.05, 0.1) is 12.5 Å². The van der Waals surface area contributed by atoms with Crippen LogP contribution in [0.4, 0.5) is 0 Å². The van der Waals surface area contributed by atoms with Gasteiger partial charge in [-0.05, 0) is 26.0 Å². The molecule has 0 aliphatic heterocycles. The Hall–Kier alpha value is -1.29. The van der Waals surface area contributed by atoms with Gasteiger partial charge in [0.15, 0.2) is 0 Å². The molecule has 0 bridgehead atoms. The van der Waals surface area contributed by atoms with E-state index in [-0.39, 0.29) is 5.97 Å². The molecule has 0 fully saturated rings. The van der Waals surface area contributed by atoms with Crippen molar-refractivity contribution in [2.75, 3.05) is 12.9 Å². The third-order valence-electron chi connectivity index (χ3n) is 2.33. The molecule has 0 saturated carbocycles. The Labute approximate surface area is 106 Å². The summed E-state index contributed by atoms with van der Waals surface area (Å²) in [6.07, 6.45) is 0.815. The molecule has 1 aromatic rings. The monoisotopic (exact) mass is 252 g/mol. The number of hydrogen-bond acceptors (Lipinski definition) is 4. The van der Waals surface area contributed by atoms with Crippen molar-refractivity contribution in [2.24, 2.45) is 5.41 Å². The zero-order valence-corrected chi connectivity index (χ0v) is 11.0. The summed E-state index contributed by atoms with van der Waals surface area (Å²) < 4.78 is 4.74. The van der Waals surface area contributed by atoms with Crippen molar-refractivity contribution in [3.63, 3.8) is 0 Å². The molecule has 0 amide bonds. The number of ether oxygens (including phenoxy) is 1. The summed E-state index contributed by atoms with van der Waals surface area (Å²) in [4.78, 5) is 23.1. The van der Waals surface area contributed by atoms with Crippen LogP contribution in [0.15, 0.2) is 29.2 Å². The van der Waals surface area contributed by atoms with Crippen molar-refractivity contribution in [2.45, 2.75) is 18.7 Å². The number of hydrogen-bond donors (Lipinski definition) is 0. The van der Waals surface area contributed by atoms with Crippen molar-refractivity contribution in [3.8, 4) is 0 Å². The summed E-state index contributed by atoms with van der Waals surface area (Å²) in [5.74, 6) is 0.388. The van der Waals surface area contributed by atoms with Crippen molar-refractivity contribution < 1.29 is 14.3 Å². The third kappa shape index (κ3) is 3.89. The van der Waals surface area contributed by atoms with Gasteiger partial charge < -0.3 is 4.74 Å². The third-order valence-corrected chi connectivity index (χ3v) is 3.79. The highest BCUT2D eigenvalue weighted by Gasteiger charge is 2.28. The van der Waals surface area contributed by atoms with Crippen LogP contribution >= 0.6 is 11.8 Å². The smallest absolute Gasteiger partial charge is 0.312 e. The second-order valence-electron chi connectivity index (χ2n) is 4.35. The first-order valence-electron chi connectivity index (χ1n) is 5.26. The quantitative estimate of drug-likeness (QED) is 0.459. The number of methoxy groups -OCH3 is 1. The van der Waals surface area contributed by atoms with Gasteiger partial charge in [0, 0.05) is 16.2 Å². The number of rotatable bonds is 5. The van der Waals surface area contributed by atoms with Crippen molar-refractivity contribution in [1.29, 1.82) is 0 Å². The molecule has 0 aliphatic carbocycles. The van der Waals surface area contributed by atoms with Crippen LogP contribution in [-0.2, 0) is 9.53 Å². The Bertz CT molecular complexity index is 413. The van der Waals surface area contributed by atoms with Crippen LogP contribution in [0.3, 0.4) is 0 Å². The molecule has 0 unspecified atom stereocenters. The van der Waals surface area contributed by atoms with E-state index >= 15 is 0 Å². The van der Waals surface area contributed by atoms with E-state index in [4.69, 9.17) is 4.74 Å². The molecule has 0 saturated heterocycles. The highest BCUT2D eigenvalue weighted by atomic mass is 32.2. The Balaban J connectivity index is 2.66. The van der Waals surface area contributed by atoms with Gasteiger partial charge >= 0.3 is 5.97 Å². The van der Waals surface area contributed by atoms with Gasteiger partial charge in [-0.1, -0.05) is 12.1 Å². The van der Waals surface area contributed by atoms with E-state index in [1.165, 1.54) is 7.11 Å². The molecule has 92 valence electrons. The van der Waals surface area contributed by atoms with Gasteiger partial charge in [0.1, 0.15) is 6.29 Å². The van der Waals surface area contributed by atoms with E-state index in [2.05, 4.69) is 0 Å². The van der Waals surface area contributed by atoms with Crippen LogP contribution in [-0.4, -0.2) is 25.1 Å². The standard InChI is InChI=1S/C13H16O3S/c1-13(2,12(15)16-3)9-17-11-6-4-5-10(7-11)8-14/h4-8H,9H2,1-3H3. The number of carbonyl (C=O) groups excluding carboxylic acids is 2. The lowest BCUT2D eigenvalue weighted by molar-refractivity contribution is -0.149. The minimum atomic E-state index is -0.531. The maximum Gasteiger partial charge on any atom is 0.312 e. The molecule has 0 aliphatic rings. The minimum Gasteiger partial charge on any atom is -0.469 e. The fraction of sp³-hybridized carbons (Fsp3) is 0.385. The van der Waals surface area contributed by atoms with Gasteiger partial charge in [-0.2, -0.15) is 0 Å². The predicted molar refractivity (Wildman–Crippen MR) is 68.4 cm³/mol. The van der Waals surface area contributed by atoms with Gasteiger partial charge in [-0.15, -0.1) is 11.8 Å². The van der Waals surface area contributed by atoms with Crippen molar-refractivity contribution >= 4 is 24.0 Å². The Morgan fingerprint density at radius 3 is 2.76 bits per heavy atom. The van der Waals surface area contributed by atoms with Gasteiger partial charge in [0.25, 0.3) is 0 Å². The Morgan fingerprint density at radius 1 is 1.47 bits per heavy atom. The van der Waals surface area contributed by atoms with Crippen LogP contribution in [0.1, 0.15) is 24.2 Å². The second-order valence-corrected chi connectivity index (χ2v) is 5.40. The van der Waals surface area contributed by atoms with E-state index in [0.717, 1.165) is 11.2 Å². The summed E-state index contributed by atoms with van der Waals surface area (Å²) in [5, 5.41) is 0. The first kappa shape index (κ1) is 13.8. The lowest BCUT2D eigenvalue weighted by Gasteiger charge is -2.20. The fourth-order valence-electron chi connectivity index (χ4n) is 1.28. The van der Waals surface area contributed by atoms with Gasteiger partial charge in [-0.25, -0.2) is 0 Å². The highest BCUT2D eigenvalue weighted by molar-refractivity contribution is 7.99. The number of benzene rings is 1. The van der Waals surface area contributed by atoms with Crippen LogP contribution < -0.4 is 0 Å². The summed E-state index contributed by atoms with van der Waals surface area (Å²) in [6, 6.07) is 7.32. The van der Waals surface area contributed by atoms with Gasteiger partial charge in [0.2, 0.25) is 0 Å². The van der Waals surface area contributed by atoms with Gasteiger partial charge in [-0.3, -0.25) is 9.59 Å². The lowest BCUT2D eigenvalue weighted by Crippen LogP contribution is -2.28. The molecule has 17 heavy (non-hydrogen) atoms. The van der Waals surface area contributed by atoms with Crippen LogP contribution in [0.5, 0.6) is 0 Å². The largest absolute Gasteiger partial charge is 0.469 e. The van der Waals surface area contributed by atoms with Crippen LogP contribution in [0.25, 0.3) is 0 Å². The van der Waals surface area contributed by atoms with E-state index in [0.29, 0.717) is 11.3 Å². The summed E-state index contributed by atoms with van der Waals surface area (Å²) in [6.45, 7) is 3.69. The average molecular weight is 252 g/mol. The number of esters is 1. The summed E-state index contributed by atoms with van der Waals surface area (Å²) in [7, 11) is 1.39. The predicted octanol–water partition coefficient (Wildman–Crippen LogP) is 2.79. The summed E-state index contributed by atoms with van der Waals surface area (Å²) >= 11 is 1.54. The molecule has 0 N–H and O–H groups in total. The SMILES string of the molecule is COC(=O)C(C)(C)CSc1cccc(C=O)c1. The molecule has 0 radical (unpaired) electrons. The van der Waals surface area contributed by atoms with Crippen LogP contribution in [0, 0.1) is 5.41 Å². The normalized spacial score (nSPS) is 11.0. The number of aldehydes is 1. The molecule has 0 heterocycles. The Morgan fingerprint density at radius 2 is 2.18 bits per heavy atom. The minimum absolute atomic E-state index is 0.225. The molecular formula is C13H16O3S. The topological polar surface area (TPSA) is 43.4 Å². The first-order chi connectivity index (χ1) is 7.99.